The summed E-state index contributed by atoms with van der Waals surface area (Å²) in [5.41, 5.74) is 2.62. The summed E-state index contributed by atoms with van der Waals surface area (Å²) in [5, 5.41) is 5.06. The Bertz CT molecular complexity index is 1550. The Morgan fingerprint density at radius 3 is 2.75 bits per heavy atom. The van der Waals surface area contributed by atoms with Gasteiger partial charge in [0.1, 0.15) is 30.2 Å². The number of nitrogens with zero attached hydrogens (tertiary/aromatic N) is 5. The van der Waals surface area contributed by atoms with Gasteiger partial charge < -0.3 is 29.3 Å². The number of hydrogen-bond donors (Lipinski definition) is 1. The summed E-state index contributed by atoms with van der Waals surface area (Å²) in [6.07, 6.45) is 4.80. The number of hydrogen-bond acceptors (Lipinski definition) is 9. The van der Waals surface area contributed by atoms with Crippen LogP contribution in [0.4, 0.5) is 20.3 Å². The van der Waals surface area contributed by atoms with Crippen molar-refractivity contribution in [3.63, 3.8) is 0 Å². The predicted octanol–water partition coefficient (Wildman–Crippen LogP) is 4.21. The third-order valence-corrected chi connectivity index (χ3v) is 10.3. The molecule has 4 atom stereocenters. The standard InChI is InChI=1S/C33H40F2N6O3/c1-42-20-44-25-12-21-4-2-5-29(30(21)27(35)13-25)39-11-8-26-28(18-39)37-32(38-31(26)40-16-23-6-7-24(17-40)36-23)43-19-33-9-3-10-41(33)15-22(34)14-33/h2,4-5,12-13,22-24,36H,3,6-11,14-20H2,1H3/t22-,23?,24?,33+/m1/s1. The molecule has 0 saturated carbocycles. The van der Waals surface area contributed by atoms with Gasteiger partial charge in [-0.2, -0.15) is 9.97 Å². The Kier molecular flexibility index (Phi) is 7.22. The van der Waals surface area contributed by atoms with Crippen LogP contribution in [0, 0.1) is 5.82 Å². The summed E-state index contributed by atoms with van der Waals surface area (Å²) in [6.45, 7) is 4.91. The molecule has 0 radical (unpaired) electrons. The number of halogens is 2. The molecule has 5 aliphatic rings. The molecule has 6 heterocycles. The van der Waals surface area contributed by atoms with Crippen LogP contribution >= 0.6 is 0 Å². The first kappa shape index (κ1) is 28.2. The van der Waals surface area contributed by atoms with Crippen molar-refractivity contribution in [2.75, 3.05) is 63.0 Å². The van der Waals surface area contributed by atoms with Gasteiger partial charge >= 0.3 is 6.01 Å². The van der Waals surface area contributed by atoms with Gasteiger partial charge in [0.15, 0.2) is 6.79 Å². The van der Waals surface area contributed by atoms with Crippen LogP contribution in [0.15, 0.2) is 30.3 Å². The van der Waals surface area contributed by atoms with Crippen molar-refractivity contribution in [1.29, 1.82) is 0 Å². The SMILES string of the molecule is COCOc1cc(F)c2c(N3CCc4c(nc(OC[C@@]56CCCN5C[C@H](F)C6)nc4N4CC5CCC(C4)N5)C3)cccc2c1. The Labute approximate surface area is 256 Å². The van der Waals surface area contributed by atoms with E-state index in [2.05, 4.69) is 20.0 Å². The van der Waals surface area contributed by atoms with Gasteiger partial charge in [0.05, 0.1) is 17.8 Å². The highest BCUT2D eigenvalue weighted by Crippen LogP contribution is 2.41. The molecule has 4 fully saturated rings. The van der Waals surface area contributed by atoms with Crippen LogP contribution in [-0.2, 0) is 17.7 Å². The maximum Gasteiger partial charge on any atom is 0.318 e. The maximum absolute atomic E-state index is 15.6. The van der Waals surface area contributed by atoms with E-state index >= 15 is 4.39 Å². The highest BCUT2D eigenvalue weighted by atomic mass is 19.1. The highest BCUT2D eigenvalue weighted by molar-refractivity contribution is 5.95. The lowest BCUT2D eigenvalue weighted by Gasteiger charge is -2.38. The Hall–Kier alpha value is -3.28. The minimum Gasteiger partial charge on any atom is -0.467 e. The molecule has 1 N–H and O–H groups in total. The lowest BCUT2D eigenvalue weighted by Crippen LogP contribution is -2.52. The quantitative estimate of drug-likeness (QED) is 0.380. The fourth-order valence-corrected chi connectivity index (χ4v) is 8.34. The number of fused-ring (bicyclic) bond motifs is 5. The smallest absolute Gasteiger partial charge is 0.318 e. The summed E-state index contributed by atoms with van der Waals surface area (Å²) < 4.78 is 47.0. The number of benzene rings is 2. The summed E-state index contributed by atoms with van der Waals surface area (Å²) in [5.74, 6) is 1.06. The number of rotatable bonds is 8. The summed E-state index contributed by atoms with van der Waals surface area (Å²) in [7, 11) is 1.54. The largest absolute Gasteiger partial charge is 0.467 e. The van der Waals surface area contributed by atoms with E-state index in [-0.39, 0.29) is 18.1 Å². The second kappa shape index (κ2) is 11.3. The third kappa shape index (κ3) is 5.02. The minimum absolute atomic E-state index is 0.0576. The molecule has 44 heavy (non-hydrogen) atoms. The molecular weight excluding hydrogens is 566 g/mol. The molecule has 2 unspecified atom stereocenters. The van der Waals surface area contributed by atoms with E-state index in [0.717, 1.165) is 73.6 Å². The van der Waals surface area contributed by atoms with Gasteiger partial charge in [0.25, 0.3) is 0 Å². The van der Waals surface area contributed by atoms with Crippen LogP contribution in [0.25, 0.3) is 10.8 Å². The summed E-state index contributed by atoms with van der Waals surface area (Å²) >= 11 is 0. The zero-order valence-corrected chi connectivity index (χ0v) is 25.2. The zero-order valence-electron chi connectivity index (χ0n) is 25.2. The van der Waals surface area contributed by atoms with Gasteiger partial charge in [-0.25, -0.2) is 8.78 Å². The molecule has 3 aromatic rings. The van der Waals surface area contributed by atoms with Crippen LogP contribution < -0.4 is 24.6 Å². The number of aromatic nitrogens is 2. The number of nitrogens with one attached hydrogen (secondary N) is 1. The number of anilines is 2. The van der Waals surface area contributed by atoms with Crippen LogP contribution in [0.1, 0.15) is 43.4 Å². The molecular formula is C33H40F2N6O3. The predicted molar refractivity (Wildman–Crippen MR) is 164 cm³/mol. The van der Waals surface area contributed by atoms with E-state index in [9.17, 15) is 4.39 Å². The lowest BCUT2D eigenvalue weighted by molar-refractivity contribution is 0.0510. The normalized spacial score (nSPS) is 28.0. The van der Waals surface area contributed by atoms with Crippen molar-refractivity contribution >= 4 is 22.3 Å². The number of piperazine rings is 1. The van der Waals surface area contributed by atoms with E-state index in [1.807, 2.05) is 24.3 Å². The first-order chi connectivity index (χ1) is 21.5. The second-order valence-electron chi connectivity index (χ2n) is 13.2. The van der Waals surface area contributed by atoms with E-state index in [4.69, 9.17) is 24.2 Å². The van der Waals surface area contributed by atoms with Crippen molar-refractivity contribution in [2.45, 2.75) is 68.9 Å². The maximum atomic E-state index is 15.6. The third-order valence-electron chi connectivity index (χ3n) is 10.3. The summed E-state index contributed by atoms with van der Waals surface area (Å²) in [6, 6.07) is 10.4. The molecule has 234 valence electrons. The molecule has 1 aromatic heterocycles. The lowest BCUT2D eigenvalue weighted by atomic mass is 9.95. The van der Waals surface area contributed by atoms with Crippen molar-refractivity contribution < 1.29 is 23.0 Å². The topological polar surface area (TPSA) is 75.2 Å². The van der Waals surface area contributed by atoms with Gasteiger partial charge in [0, 0.05) is 74.5 Å². The van der Waals surface area contributed by atoms with Crippen molar-refractivity contribution in [2.24, 2.45) is 0 Å². The molecule has 4 saturated heterocycles. The fraction of sp³-hybridized carbons (Fsp3) is 0.576. The minimum atomic E-state index is -0.812. The summed E-state index contributed by atoms with van der Waals surface area (Å²) in [4.78, 5) is 16.9. The zero-order chi connectivity index (χ0) is 29.8. The van der Waals surface area contributed by atoms with E-state index < -0.39 is 6.17 Å². The van der Waals surface area contributed by atoms with Crippen LogP contribution in [0.2, 0.25) is 0 Å². The van der Waals surface area contributed by atoms with E-state index in [1.165, 1.54) is 18.9 Å². The number of ether oxygens (including phenoxy) is 3. The molecule has 11 heteroatoms. The number of methoxy groups -OCH3 is 1. The van der Waals surface area contributed by atoms with Crippen LogP contribution in [0.3, 0.4) is 0 Å². The average Bonchev–Trinajstić information content (AvgIpc) is 3.68. The monoisotopic (exact) mass is 606 g/mol. The molecule has 0 spiro atoms. The Morgan fingerprint density at radius 1 is 1.05 bits per heavy atom. The second-order valence-corrected chi connectivity index (χ2v) is 13.2. The van der Waals surface area contributed by atoms with Crippen LogP contribution in [-0.4, -0.2) is 91.9 Å². The molecule has 0 aliphatic carbocycles. The first-order valence-corrected chi connectivity index (χ1v) is 16.0. The Morgan fingerprint density at radius 2 is 1.91 bits per heavy atom. The van der Waals surface area contributed by atoms with Gasteiger partial charge in [-0.3, -0.25) is 4.90 Å². The molecule has 2 bridgehead atoms. The average molecular weight is 607 g/mol. The van der Waals surface area contributed by atoms with Crippen molar-refractivity contribution in [3.05, 3.63) is 47.4 Å². The number of alkyl halides is 1. The van der Waals surface area contributed by atoms with Gasteiger partial charge in [-0.15, -0.1) is 0 Å². The van der Waals surface area contributed by atoms with Crippen molar-refractivity contribution in [1.82, 2.24) is 20.2 Å². The van der Waals surface area contributed by atoms with Crippen LogP contribution in [0.5, 0.6) is 11.8 Å². The molecule has 2 aromatic carbocycles. The fourth-order valence-electron chi connectivity index (χ4n) is 8.34. The first-order valence-electron chi connectivity index (χ1n) is 16.0. The van der Waals surface area contributed by atoms with Gasteiger partial charge in [-0.1, -0.05) is 12.1 Å². The molecule has 5 aliphatic heterocycles. The molecule has 8 rings (SSSR count). The van der Waals surface area contributed by atoms with Gasteiger partial charge in [0.2, 0.25) is 0 Å². The van der Waals surface area contributed by atoms with Gasteiger partial charge in [-0.05, 0) is 56.2 Å². The Balaban J connectivity index is 1.12. The van der Waals surface area contributed by atoms with Crippen molar-refractivity contribution in [3.8, 4) is 11.8 Å². The molecule has 9 nitrogen and oxygen atoms in total. The van der Waals surface area contributed by atoms with E-state index in [0.29, 0.717) is 55.3 Å². The highest BCUT2D eigenvalue weighted by Gasteiger charge is 2.49. The molecule has 0 amide bonds. The van der Waals surface area contributed by atoms with E-state index in [1.54, 1.807) is 7.11 Å².